The van der Waals surface area contributed by atoms with Crippen LogP contribution in [0.5, 0.6) is 0 Å². The topological polar surface area (TPSA) is 78.9 Å². The number of rotatable bonds is 43. The molecule has 0 radical (unpaired) electrons. The number of unbranched alkanes of at least 4 members (excludes halogenated alkanes) is 18. The maximum Gasteiger partial charge on any atom is 0.306 e. The van der Waals surface area contributed by atoms with Crippen molar-refractivity contribution < 1.29 is 28.6 Å². The molecule has 0 N–H and O–H groups in total. The average Bonchev–Trinajstić information content (AvgIpc) is 3.24. The highest BCUT2D eigenvalue weighted by Crippen LogP contribution is 2.13. The van der Waals surface area contributed by atoms with Crippen molar-refractivity contribution in [2.75, 3.05) is 13.2 Å². The summed E-state index contributed by atoms with van der Waals surface area (Å²) in [6.45, 7) is 6.38. The van der Waals surface area contributed by atoms with Crippen molar-refractivity contribution in [2.24, 2.45) is 0 Å². The average molecular weight is 835 g/mol. The summed E-state index contributed by atoms with van der Waals surface area (Å²) in [5.41, 5.74) is 0. The smallest absolute Gasteiger partial charge is 0.306 e. The minimum Gasteiger partial charge on any atom is -0.462 e. The maximum absolute atomic E-state index is 12.8. The Kier molecular flexibility index (Phi) is 45.5. The Balaban J connectivity index is 4.51. The van der Waals surface area contributed by atoms with Gasteiger partial charge in [-0.1, -0.05) is 189 Å². The van der Waals surface area contributed by atoms with Crippen LogP contribution in [-0.2, 0) is 28.6 Å². The van der Waals surface area contributed by atoms with E-state index in [1.54, 1.807) is 0 Å². The minimum absolute atomic E-state index is 0.109. The molecule has 0 aliphatic rings. The van der Waals surface area contributed by atoms with Gasteiger partial charge in [0.15, 0.2) is 6.10 Å². The molecule has 0 aliphatic carbocycles. The van der Waals surface area contributed by atoms with Gasteiger partial charge < -0.3 is 14.2 Å². The number of carbonyl (C=O) groups excluding carboxylic acids is 3. The molecule has 0 aromatic rings. The molecule has 0 fully saturated rings. The molecule has 0 spiro atoms. The summed E-state index contributed by atoms with van der Waals surface area (Å²) in [6.07, 6.45) is 61.5. The van der Waals surface area contributed by atoms with E-state index >= 15 is 0 Å². The summed E-state index contributed by atoms with van der Waals surface area (Å²) in [4.78, 5) is 37.8. The zero-order chi connectivity index (χ0) is 43.7. The highest BCUT2D eigenvalue weighted by Gasteiger charge is 2.19. The third-order valence-electron chi connectivity index (χ3n) is 10.1. The summed E-state index contributed by atoms with van der Waals surface area (Å²) in [6, 6.07) is 0. The second-order valence-corrected chi connectivity index (χ2v) is 16.0. The Morgan fingerprint density at radius 1 is 0.350 bits per heavy atom. The van der Waals surface area contributed by atoms with Crippen molar-refractivity contribution in [1.29, 1.82) is 0 Å². The lowest BCUT2D eigenvalue weighted by Crippen LogP contribution is -2.30. The Hall–Kier alpha value is -3.41. The standard InChI is InChI=1S/C54H90O6/c1-4-7-10-13-16-19-22-25-27-30-32-35-38-41-44-47-53(56)59-50-51(49-58-52(55)46-43-40-37-34-31-28-24-21-18-15-12-9-6-3)60-54(57)48-45-42-39-36-33-29-26-23-20-17-14-11-8-5-2/h9,12,14,17-18,21,23,25-28,31,37,40,51H,4-8,10-11,13,15-16,19-20,22,24,29-30,32-36,38-39,41-50H2,1-3H3/b12-9-,17-14-,21-18-,26-23-,27-25-,31-28-,40-37-. The quantitative estimate of drug-likeness (QED) is 0.0263. The summed E-state index contributed by atoms with van der Waals surface area (Å²) < 4.78 is 16.7. The highest BCUT2D eigenvalue weighted by molar-refractivity contribution is 5.71. The predicted molar refractivity (Wildman–Crippen MR) is 256 cm³/mol. The molecular weight excluding hydrogens is 745 g/mol. The van der Waals surface area contributed by atoms with Crippen LogP contribution >= 0.6 is 0 Å². The Morgan fingerprint density at radius 3 is 1.18 bits per heavy atom. The highest BCUT2D eigenvalue weighted by atomic mass is 16.6. The molecule has 6 heteroatoms. The van der Waals surface area contributed by atoms with Gasteiger partial charge in [-0.25, -0.2) is 0 Å². The van der Waals surface area contributed by atoms with Crippen LogP contribution < -0.4 is 0 Å². The third kappa shape index (κ3) is 45.7. The van der Waals surface area contributed by atoms with E-state index in [1.807, 2.05) is 12.2 Å². The lowest BCUT2D eigenvalue weighted by atomic mass is 10.1. The zero-order valence-electron chi connectivity index (χ0n) is 38.9. The first-order chi connectivity index (χ1) is 29.5. The van der Waals surface area contributed by atoms with Gasteiger partial charge >= 0.3 is 17.9 Å². The molecule has 342 valence electrons. The molecule has 6 nitrogen and oxygen atoms in total. The molecule has 1 unspecified atom stereocenters. The van der Waals surface area contributed by atoms with E-state index in [0.29, 0.717) is 19.3 Å². The summed E-state index contributed by atoms with van der Waals surface area (Å²) in [7, 11) is 0. The van der Waals surface area contributed by atoms with Crippen LogP contribution in [0.15, 0.2) is 85.1 Å². The lowest BCUT2D eigenvalue weighted by molar-refractivity contribution is -0.166. The van der Waals surface area contributed by atoms with E-state index < -0.39 is 6.10 Å². The molecular formula is C54H90O6. The van der Waals surface area contributed by atoms with Crippen LogP contribution in [0.1, 0.15) is 220 Å². The van der Waals surface area contributed by atoms with Gasteiger partial charge in [0.2, 0.25) is 0 Å². The van der Waals surface area contributed by atoms with Crippen LogP contribution in [0.25, 0.3) is 0 Å². The molecule has 0 aliphatic heterocycles. The van der Waals surface area contributed by atoms with Gasteiger partial charge in [0.25, 0.3) is 0 Å². The van der Waals surface area contributed by atoms with Crippen molar-refractivity contribution in [1.82, 2.24) is 0 Å². The second-order valence-electron chi connectivity index (χ2n) is 16.0. The molecule has 0 saturated carbocycles. The first-order valence-corrected chi connectivity index (χ1v) is 24.6. The van der Waals surface area contributed by atoms with Gasteiger partial charge in [-0.3, -0.25) is 14.4 Å². The number of hydrogen-bond acceptors (Lipinski definition) is 6. The number of ether oxygens (including phenoxy) is 3. The van der Waals surface area contributed by atoms with Gasteiger partial charge in [-0.15, -0.1) is 0 Å². The van der Waals surface area contributed by atoms with Gasteiger partial charge in [-0.05, 0) is 96.3 Å². The Bertz CT molecular complexity index is 1190. The Morgan fingerprint density at radius 2 is 0.700 bits per heavy atom. The van der Waals surface area contributed by atoms with E-state index in [0.717, 1.165) is 103 Å². The van der Waals surface area contributed by atoms with Crippen LogP contribution in [0.3, 0.4) is 0 Å². The molecule has 0 saturated heterocycles. The maximum atomic E-state index is 12.8. The summed E-state index contributed by atoms with van der Waals surface area (Å²) in [5, 5.41) is 0. The van der Waals surface area contributed by atoms with E-state index in [-0.39, 0.29) is 37.5 Å². The molecule has 0 bridgehead atoms. The monoisotopic (exact) mass is 835 g/mol. The second kappa shape index (κ2) is 48.3. The normalized spacial score (nSPS) is 12.8. The molecule has 1 atom stereocenters. The third-order valence-corrected chi connectivity index (χ3v) is 10.1. The largest absolute Gasteiger partial charge is 0.462 e. The van der Waals surface area contributed by atoms with Crippen molar-refractivity contribution in [3.05, 3.63) is 85.1 Å². The molecule has 0 aromatic carbocycles. The van der Waals surface area contributed by atoms with E-state index in [1.165, 1.54) is 70.6 Å². The van der Waals surface area contributed by atoms with Gasteiger partial charge in [-0.2, -0.15) is 0 Å². The number of carbonyl (C=O) groups is 3. The molecule has 60 heavy (non-hydrogen) atoms. The minimum atomic E-state index is -0.815. The van der Waals surface area contributed by atoms with E-state index in [2.05, 4.69) is 93.7 Å². The fourth-order valence-electron chi connectivity index (χ4n) is 6.41. The van der Waals surface area contributed by atoms with Gasteiger partial charge in [0.1, 0.15) is 13.2 Å². The Labute approximate surface area is 369 Å². The van der Waals surface area contributed by atoms with Crippen LogP contribution in [-0.4, -0.2) is 37.2 Å². The molecule has 0 rings (SSSR count). The predicted octanol–water partition coefficient (Wildman–Crippen LogP) is 16.0. The number of esters is 3. The molecule has 0 amide bonds. The van der Waals surface area contributed by atoms with Crippen LogP contribution in [0.4, 0.5) is 0 Å². The fourth-order valence-corrected chi connectivity index (χ4v) is 6.41. The zero-order valence-corrected chi connectivity index (χ0v) is 38.9. The van der Waals surface area contributed by atoms with E-state index in [4.69, 9.17) is 14.2 Å². The SMILES string of the molecule is CC/C=C\C/C=C\C/C=C\C/C=C\CCC(=O)OCC(COC(=O)CCCCCCC/C=C\CCCCCCCC)OC(=O)CCCCCCC/C=C\C/C=C\CCCC. The molecule has 0 heterocycles. The van der Waals surface area contributed by atoms with Crippen LogP contribution in [0.2, 0.25) is 0 Å². The lowest BCUT2D eigenvalue weighted by Gasteiger charge is -2.18. The summed E-state index contributed by atoms with van der Waals surface area (Å²) >= 11 is 0. The van der Waals surface area contributed by atoms with E-state index in [9.17, 15) is 14.4 Å². The van der Waals surface area contributed by atoms with Gasteiger partial charge in [0, 0.05) is 19.3 Å². The van der Waals surface area contributed by atoms with Crippen LogP contribution in [0, 0.1) is 0 Å². The summed E-state index contributed by atoms with van der Waals surface area (Å²) in [5.74, 6) is -1.02. The first kappa shape index (κ1) is 56.6. The molecule has 0 aromatic heterocycles. The fraction of sp³-hybridized carbons (Fsp3) is 0.685. The number of hydrogen-bond donors (Lipinski definition) is 0. The number of allylic oxidation sites excluding steroid dienone is 14. The van der Waals surface area contributed by atoms with Gasteiger partial charge in [0.05, 0.1) is 0 Å². The van der Waals surface area contributed by atoms with Crippen molar-refractivity contribution in [3.63, 3.8) is 0 Å². The van der Waals surface area contributed by atoms with Crippen molar-refractivity contribution in [2.45, 2.75) is 226 Å². The van der Waals surface area contributed by atoms with Crippen molar-refractivity contribution in [3.8, 4) is 0 Å². The van der Waals surface area contributed by atoms with Crippen molar-refractivity contribution >= 4 is 17.9 Å². The first-order valence-electron chi connectivity index (χ1n) is 24.6.